The van der Waals surface area contributed by atoms with E-state index in [4.69, 9.17) is 9.47 Å². The molecule has 7 heteroatoms. The van der Waals surface area contributed by atoms with E-state index in [0.717, 1.165) is 11.1 Å². The Labute approximate surface area is 228 Å². The SMILES string of the molecule is CCOC(=O)c1cccc(N2C(=O)C(=O)/C(=C(\O)c3ccc(OC)c(C(C)(C)C)c3)C2c2cccc(C)c2)c1. The summed E-state index contributed by atoms with van der Waals surface area (Å²) in [6.45, 7) is 9.90. The summed E-state index contributed by atoms with van der Waals surface area (Å²) in [5, 5.41) is 11.6. The van der Waals surface area contributed by atoms with E-state index < -0.39 is 23.7 Å². The van der Waals surface area contributed by atoms with Gasteiger partial charge in [-0.2, -0.15) is 0 Å². The minimum Gasteiger partial charge on any atom is -0.507 e. The Morgan fingerprint density at radius 1 is 0.974 bits per heavy atom. The second-order valence-electron chi connectivity index (χ2n) is 10.5. The number of aliphatic hydroxyl groups is 1. The summed E-state index contributed by atoms with van der Waals surface area (Å²) in [5.74, 6) is -1.76. The fourth-order valence-corrected chi connectivity index (χ4v) is 4.85. The Balaban J connectivity index is 1.95. The van der Waals surface area contributed by atoms with Crippen LogP contribution in [-0.2, 0) is 19.7 Å². The molecule has 3 aromatic carbocycles. The van der Waals surface area contributed by atoms with Crippen molar-refractivity contribution >= 4 is 29.1 Å². The molecule has 1 aliphatic heterocycles. The lowest BCUT2D eigenvalue weighted by atomic mass is 9.84. The van der Waals surface area contributed by atoms with Gasteiger partial charge in [-0.3, -0.25) is 14.5 Å². The molecule has 39 heavy (non-hydrogen) atoms. The number of aryl methyl sites for hydroxylation is 1. The maximum Gasteiger partial charge on any atom is 0.338 e. The number of esters is 1. The number of benzene rings is 3. The number of nitrogens with zero attached hydrogens (tertiary/aromatic N) is 1. The van der Waals surface area contributed by atoms with E-state index in [-0.39, 0.29) is 28.9 Å². The van der Waals surface area contributed by atoms with Crippen LogP contribution in [0.5, 0.6) is 5.75 Å². The van der Waals surface area contributed by atoms with Crippen LogP contribution in [0.3, 0.4) is 0 Å². The first-order valence-electron chi connectivity index (χ1n) is 12.8. The summed E-state index contributed by atoms with van der Waals surface area (Å²) in [4.78, 5) is 40.9. The number of hydrogen-bond acceptors (Lipinski definition) is 6. The highest BCUT2D eigenvalue weighted by molar-refractivity contribution is 6.51. The minimum atomic E-state index is -0.914. The molecular formula is C32H33NO6. The van der Waals surface area contributed by atoms with Crippen LogP contribution in [-0.4, -0.2) is 36.5 Å². The van der Waals surface area contributed by atoms with Gasteiger partial charge in [0.25, 0.3) is 11.7 Å². The predicted molar refractivity (Wildman–Crippen MR) is 150 cm³/mol. The Hall–Kier alpha value is -4.39. The predicted octanol–water partition coefficient (Wildman–Crippen LogP) is 6.10. The van der Waals surface area contributed by atoms with E-state index in [9.17, 15) is 19.5 Å². The van der Waals surface area contributed by atoms with Crippen molar-refractivity contribution < 1.29 is 29.0 Å². The summed E-state index contributed by atoms with van der Waals surface area (Å²) in [6.07, 6.45) is 0. The third-order valence-corrected chi connectivity index (χ3v) is 6.72. The molecular weight excluding hydrogens is 494 g/mol. The van der Waals surface area contributed by atoms with Crippen LogP contribution in [0.15, 0.2) is 72.3 Å². The summed E-state index contributed by atoms with van der Waals surface area (Å²) in [7, 11) is 1.58. The fraction of sp³-hybridized carbons (Fsp3) is 0.281. The summed E-state index contributed by atoms with van der Waals surface area (Å²) in [6, 6.07) is 18.1. The first kappa shape index (κ1) is 27.6. The molecule has 0 bridgehead atoms. The van der Waals surface area contributed by atoms with Crippen LogP contribution in [0, 0.1) is 6.92 Å². The van der Waals surface area contributed by atoms with Crippen LogP contribution < -0.4 is 9.64 Å². The number of methoxy groups -OCH3 is 1. The molecule has 1 aliphatic rings. The molecule has 0 spiro atoms. The number of ketones is 1. The number of rotatable bonds is 6. The molecule has 1 N–H and O–H groups in total. The highest BCUT2D eigenvalue weighted by Crippen LogP contribution is 2.43. The van der Waals surface area contributed by atoms with Gasteiger partial charge in [0.05, 0.1) is 30.9 Å². The van der Waals surface area contributed by atoms with E-state index in [1.165, 1.54) is 11.0 Å². The molecule has 0 radical (unpaired) electrons. The number of anilines is 1. The van der Waals surface area contributed by atoms with Crippen molar-refractivity contribution in [2.45, 2.75) is 46.1 Å². The Kier molecular flexibility index (Phi) is 7.63. The van der Waals surface area contributed by atoms with Crippen molar-refractivity contribution in [3.8, 4) is 5.75 Å². The third-order valence-electron chi connectivity index (χ3n) is 6.72. The molecule has 3 aromatic rings. The van der Waals surface area contributed by atoms with Crippen LogP contribution in [0.1, 0.15) is 66.3 Å². The smallest absolute Gasteiger partial charge is 0.338 e. The number of carbonyl (C=O) groups is 3. The second kappa shape index (κ2) is 10.8. The first-order chi connectivity index (χ1) is 18.5. The Morgan fingerprint density at radius 3 is 2.33 bits per heavy atom. The molecule has 4 rings (SSSR count). The lowest BCUT2D eigenvalue weighted by Gasteiger charge is -2.26. The topological polar surface area (TPSA) is 93.1 Å². The largest absolute Gasteiger partial charge is 0.507 e. The van der Waals surface area contributed by atoms with Crippen LogP contribution in [0.2, 0.25) is 0 Å². The van der Waals surface area contributed by atoms with Crippen LogP contribution >= 0.6 is 0 Å². The van der Waals surface area contributed by atoms with Crippen molar-refractivity contribution in [1.29, 1.82) is 0 Å². The Morgan fingerprint density at radius 2 is 1.69 bits per heavy atom. The normalized spacial score (nSPS) is 16.9. The Bertz CT molecular complexity index is 1480. The number of ether oxygens (including phenoxy) is 2. The summed E-state index contributed by atoms with van der Waals surface area (Å²) >= 11 is 0. The molecule has 202 valence electrons. The van der Waals surface area contributed by atoms with Crippen molar-refractivity contribution in [2.24, 2.45) is 0 Å². The molecule has 1 amide bonds. The number of Topliss-reactive ketones (excluding diaryl/α,β-unsaturated/α-hetero) is 1. The van der Waals surface area contributed by atoms with E-state index in [1.54, 1.807) is 50.4 Å². The lowest BCUT2D eigenvalue weighted by molar-refractivity contribution is -0.132. The molecule has 1 heterocycles. The van der Waals surface area contributed by atoms with Crippen LogP contribution in [0.25, 0.3) is 5.76 Å². The molecule has 1 unspecified atom stereocenters. The van der Waals surface area contributed by atoms with E-state index in [0.29, 0.717) is 22.6 Å². The van der Waals surface area contributed by atoms with Crippen molar-refractivity contribution in [1.82, 2.24) is 0 Å². The first-order valence-corrected chi connectivity index (χ1v) is 12.8. The molecule has 1 atom stereocenters. The maximum atomic E-state index is 13.6. The van der Waals surface area contributed by atoms with E-state index in [1.807, 2.05) is 52.0 Å². The summed E-state index contributed by atoms with van der Waals surface area (Å²) < 4.78 is 10.7. The van der Waals surface area contributed by atoms with Crippen molar-refractivity contribution in [2.75, 3.05) is 18.6 Å². The number of amides is 1. The van der Waals surface area contributed by atoms with Crippen LogP contribution in [0.4, 0.5) is 5.69 Å². The van der Waals surface area contributed by atoms with Gasteiger partial charge in [0.1, 0.15) is 11.5 Å². The zero-order valence-corrected chi connectivity index (χ0v) is 23.1. The van der Waals surface area contributed by atoms with Gasteiger partial charge in [-0.05, 0) is 61.2 Å². The maximum absolute atomic E-state index is 13.6. The van der Waals surface area contributed by atoms with Gasteiger partial charge in [-0.1, -0.05) is 56.7 Å². The molecule has 0 aliphatic carbocycles. The molecule has 1 saturated heterocycles. The monoisotopic (exact) mass is 527 g/mol. The zero-order valence-electron chi connectivity index (χ0n) is 23.1. The highest BCUT2D eigenvalue weighted by atomic mass is 16.5. The van der Waals surface area contributed by atoms with Gasteiger partial charge in [0, 0.05) is 16.8 Å². The lowest BCUT2D eigenvalue weighted by Crippen LogP contribution is -2.29. The van der Waals surface area contributed by atoms with Gasteiger partial charge in [0.2, 0.25) is 0 Å². The standard InChI is InChI=1S/C32H33NO6/c1-7-39-31(37)22-12-9-13-23(17-22)33-27(20-11-8-10-19(2)16-20)26(29(35)30(33)36)28(34)21-14-15-25(38-6)24(18-21)32(3,4)5/h8-18,27,34H,7H2,1-6H3/b28-26-. The van der Waals surface area contributed by atoms with Gasteiger partial charge < -0.3 is 14.6 Å². The molecule has 0 saturated carbocycles. The van der Waals surface area contributed by atoms with E-state index >= 15 is 0 Å². The van der Waals surface area contributed by atoms with Gasteiger partial charge in [-0.25, -0.2) is 4.79 Å². The van der Waals surface area contributed by atoms with E-state index in [2.05, 4.69) is 0 Å². The molecule has 0 aromatic heterocycles. The second-order valence-corrected chi connectivity index (χ2v) is 10.5. The van der Waals surface area contributed by atoms with Gasteiger partial charge in [-0.15, -0.1) is 0 Å². The van der Waals surface area contributed by atoms with Crippen molar-refractivity contribution in [3.05, 3.63) is 100 Å². The fourth-order valence-electron chi connectivity index (χ4n) is 4.85. The van der Waals surface area contributed by atoms with Gasteiger partial charge >= 0.3 is 5.97 Å². The van der Waals surface area contributed by atoms with Crippen molar-refractivity contribution in [3.63, 3.8) is 0 Å². The minimum absolute atomic E-state index is 0.0304. The molecule has 1 fully saturated rings. The molecule has 7 nitrogen and oxygen atoms in total. The number of hydrogen-bond donors (Lipinski definition) is 1. The van der Waals surface area contributed by atoms with Gasteiger partial charge in [0.15, 0.2) is 0 Å². The zero-order chi connectivity index (χ0) is 28.5. The number of carbonyl (C=O) groups excluding carboxylic acids is 3. The quantitative estimate of drug-likeness (QED) is 0.180. The average molecular weight is 528 g/mol. The average Bonchev–Trinajstić information content (AvgIpc) is 3.17. The summed E-state index contributed by atoms with van der Waals surface area (Å²) in [5.41, 5.74) is 3.09. The highest BCUT2D eigenvalue weighted by Gasteiger charge is 2.47. The third kappa shape index (κ3) is 5.30. The number of aliphatic hydroxyl groups excluding tert-OH is 1.